The Hall–Kier alpha value is -3.93. The molecule has 0 aliphatic carbocycles. The van der Waals surface area contributed by atoms with E-state index in [-0.39, 0.29) is 5.75 Å². The van der Waals surface area contributed by atoms with Gasteiger partial charge in [-0.3, -0.25) is 14.4 Å². The van der Waals surface area contributed by atoms with Crippen LogP contribution in [0.2, 0.25) is 0 Å². The Labute approximate surface area is 194 Å². The summed E-state index contributed by atoms with van der Waals surface area (Å²) in [5.74, 6) is -4.52. The third-order valence-corrected chi connectivity index (χ3v) is 4.37. The average molecular weight is 480 g/mol. The molecule has 184 valence electrons. The maximum absolute atomic E-state index is 12.4. The van der Waals surface area contributed by atoms with Crippen molar-refractivity contribution in [3.8, 4) is 5.75 Å². The molecule has 0 aromatic heterocycles. The number of carbonyl (C=O) groups excluding carboxylic acids is 5. The Balaban J connectivity index is 2.37. The van der Waals surface area contributed by atoms with Crippen molar-refractivity contribution in [2.24, 2.45) is 0 Å². The molecule has 0 bridgehead atoms. The van der Waals surface area contributed by atoms with E-state index in [9.17, 15) is 29.1 Å². The summed E-state index contributed by atoms with van der Waals surface area (Å²) in [6.07, 6.45) is -5.74. The highest BCUT2D eigenvalue weighted by Gasteiger charge is 2.56. The van der Waals surface area contributed by atoms with Crippen LogP contribution in [0.3, 0.4) is 0 Å². The number of esters is 5. The molecule has 1 aliphatic rings. The normalized spacial score (nSPS) is 24.1. The highest BCUT2D eigenvalue weighted by molar-refractivity contribution is 5.87. The van der Waals surface area contributed by atoms with Gasteiger partial charge >= 0.3 is 29.8 Å². The molecule has 12 heteroatoms. The third kappa shape index (κ3) is 7.30. The molecule has 1 fully saturated rings. The SMILES string of the molecule is COC(=O)[C@H]1O[C@@H](OC(=O)/C=C/c2ccc(O)cc2)[C@H](OC(C)=O)[C@@H](OC(C)=O)[C@@H]1OC(C)=O. The number of hydrogen-bond acceptors (Lipinski definition) is 12. The van der Waals surface area contributed by atoms with Gasteiger partial charge in [-0.15, -0.1) is 0 Å². The zero-order valence-electron chi connectivity index (χ0n) is 18.8. The van der Waals surface area contributed by atoms with E-state index in [1.54, 1.807) is 0 Å². The molecule has 12 nitrogen and oxygen atoms in total. The number of aromatic hydroxyl groups is 1. The van der Waals surface area contributed by atoms with E-state index in [0.29, 0.717) is 5.56 Å². The molecule has 1 aromatic carbocycles. The number of phenolic OH excluding ortho intramolecular Hbond substituents is 1. The van der Waals surface area contributed by atoms with Gasteiger partial charge in [-0.05, 0) is 23.8 Å². The molecular weight excluding hydrogens is 456 g/mol. The summed E-state index contributed by atoms with van der Waals surface area (Å²) in [6.45, 7) is 3.13. The summed E-state index contributed by atoms with van der Waals surface area (Å²) in [4.78, 5) is 59.9. The van der Waals surface area contributed by atoms with Crippen LogP contribution in [0.1, 0.15) is 26.3 Å². The van der Waals surface area contributed by atoms with Crippen LogP contribution in [0.4, 0.5) is 0 Å². The van der Waals surface area contributed by atoms with Gasteiger partial charge in [0.15, 0.2) is 18.3 Å². The van der Waals surface area contributed by atoms with Crippen molar-refractivity contribution in [1.82, 2.24) is 0 Å². The lowest BCUT2D eigenvalue weighted by Crippen LogP contribution is -2.64. The highest BCUT2D eigenvalue weighted by Crippen LogP contribution is 2.30. The molecule has 0 amide bonds. The molecule has 1 N–H and O–H groups in total. The van der Waals surface area contributed by atoms with Crippen LogP contribution in [0.25, 0.3) is 6.08 Å². The van der Waals surface area contributed by atoms with Gasteiger partial charge in [-0.1, -0.05) is 12.1 Å². The quantitative estimate of drug-likeness (QED) is 0.330. The van der Waals surface area contributed by atoms with Crippen LogP contribution < -0.4 is 0 Å². The Kier molecular flexibility index (Phi) is 9.13. The van der Waals surface area contributed by atoms with Crippen molar-refractivity contribution in [2.45, 2.75) is 51.5 Å². The van der Waals surface area contributed by atoms with Gasteiger partial charge in [0.1, 0.15) is 5.75 Å². The molecule has 1 saturated heterocycles. The first-order chi connectivity index (χ1) is 16.0. The molecule has 1 heterocycles. The summed E-state index contributed by atoms with van der Waals surface area (Å²) in [6, 6.07) is 5.88. The monoisotopic (exact) mass is 480 g/mol. The molecule has 2 rings (SSSR count). The second-order valence-electron chi connectivity index (χ2n) is 7.03. The first-order valence-corrected chi connectivity index (χ1v) is 9.94. The lowest BCUT2D eigenvalue weighted by atomic mass is 9.97. The Bertz CT molecular complexity index is 951. The van der Waals surface area contributed by atoms with E-state index >= 15 is 0 Å². The maximum Gasteiger partial charge on any atom is 0.339 e. The second-order valence-corrected chi connectivity index (χ2v) is 7.03. The standard InChI is InChI=1S/C22H24O12/c1-11(23)30-17-18(31-12(2)24)20(32-13(3)25)22(34-19(17)21(28)29-4)33-16(27)10-7-14-5-8-15(26)9-6-14/h5-10,17-20,22,26H,1-4H3/b10-7+/t17-,18-,19-,20+,22+/m0/s1. The smallest absolute Gasteiger partial charge is 0.339 e. The zero-order valence-corrected chi connectivity index (χ0v) is 18.8. The van der Waals surface area contributed by atoms with Gasteiger partial charge in [0.2, 0.25) is 12.4 Å². The van der Waals surface area contributed by atoms with Crippen LogP contribution in [0.15, 0.2) is 30.3 Å². The predicted molar refractivity (Wildman–Crippen MR) is 111 cm³/mol. The second kappa shape index (κ2) is 11.8. The Morgan fingerprint density at radius 3 is 1.88 bits per heavy atom. The van der Waals surface area contributed by atoms with Crippen LogP contribution in [0.5, 0.6) is 5.75 Å². The Morgan fingerprint density at radius 2 is 1.35 bits per heavy atom. The number of ether oxygens (including phenoxy) is 6. The van der Waals surface area contributed by atoms with Gasteiger partial charge in [0.25, 0.3) is 0 Å². The number of phenols is 1. The van der Waals surface area contributed by atoms with Crippen LogP contribution in [-0.2, 0) is 52.4 Å². The largest absolute Gasteiger partial charge is 0.508 e. The fraction of sp³-hybridized carbons (Fsp3) is 0.409. The molecule has 1 aliphatic heterocycles. The highest BCUT2D eigenvalue weighted by atomic mass is 16.7. The van der Waals surface area contributed by atoms with Gasteiger partial charge in [-0.25, -0.2) is 9.59 Å². The lowest BCUT2D eigenvalue weighted by Gasteiger charge is -2.42. The molecule has 5 atom stereocenters. The number of hydrogen-bond donors (Lipinski definition) is 1. The van der Waals surface area contributed by atoms with Crippen molar-refractivity contribution in [3.63, 3.8) is 0 Å². The number of rotatable bonds is 7. The Morgan fingerprint density at radius 1 is 0.824 bits per heavy atom. The molecule has 0 spiro atoms. The number of benzene rings is 1. The van der Waals surface area contributed by atoms with Crippen molar-refractivity contribution < 1.29 is 57.5 Å². The first kappa shape index (κ1) is 26.3. The van der Waals surface area contributed by atoms with Gasteiger partial charge < -0.3 is 33.5 Å². The summed E-state index contributed by atoms with van der Waals surface area (Å²) < 4.78 is 30.8. The topological polar surface area (TPSA) is 161 Å². The van der Waals surface area contributed by atoms with Crippen LogP contribution in [-0.4, -0.2) is 72.8 Å². The summed E-state index contributed by atoms with van der Waals surface area (Å²) in [7, 11) is 1.04. The minimum Gasteiger partial charge on any atom is -0.508 e. The van der Waals surface area contributed by atoms with Crippen LogP contribution >= 0.6 is 0 Å². The maximum atomic E-state index is 12.4. The third-order valence-electron chi connectivity index (χ3n) is 4.37. The summed E-state index contributed by atoms with van der Waals surface area (Å²) >= 11 is 0. The van der Waals surface area contributed by atoms with Crippen molar-refractivity contribution >= 4 is 35.9 Å². The van der Waals surface area contributed by atoms with Gasteiger partial charge in [0.05, 0.1) is 7.11 Å². The van der Waals surface area contributed by atoms with Crippen molar-refractivity contribution in [3.05, 3.63) is 35.9 Å². The van der Waals surface area contributed by atoms with E-state index in [4.69, 9.17) is 23.7 Å². The molecule has 0 radical (unpaired) electrons. The summed E-state index contributed by atoms with van der Waals surface area (Å²) in [5, 5.41) is 9.33. The average Bonchev–Trinajstić information content (AvgIpc) is 2.75. The van der Waals surface area contributed by atoms with Gasteiger partial charge in [0, 0.05) is 26.8 Å². The lowest BCUT2D eigenvalue weighted by molar-refractivity contribution is -0.293. The molecule has 1 aromatic rings. The predicted octanol–water partition coefficient (Wildman–Crippen LogP) is 0.642. The fourth-order valence-electron chi connectivity index (χ4n) is 3.08. The van der Waals surface area contributed by atoms with E-state index in [1.165, 1.54) is 30.3 Å². The molecule has 0 unspecified atom stereocenters. The molecule has 0 saturated carbocycles. The van der Waals surface area contributed by atoms with Crippen LogP contribution in [0, 0.1) is 0 Å². The van der Waals surface area contributed by atoms with Crippen molar-refractivity contribution in [1.29, 1.82) is 0 Å². The zero-order chi connectivity index (χ0) is 25.4. The number of methoxy groups -OCH3 is 1. The number of carbonyl (C=O) groups is 5. The fourth-order valence-corrected chi connectivity index (χ4v) is 3.08. The minimum absolute atomic E-state index is 0.0345. The first-order valence-electron chi connectivity index (χ1n) is 9.94. The minimum atomic E-state index is -1.74. The molecular formula is C22H24O12. The summed E-state index contributed by atoms with van der Waals surface area (Å²) in [5.41, 5.74) is 0.552. The van der Waals surface area contributed by atoms with E-state index in [1.807, 2.05) is 0 Å². The van der Waals surface area contributed by atoms with Crippen molar-refractivity contribution in [2.75, 3.05) is 7.11 Å². The van der Waals surface area contributed by atoms with E-state index < -0.39 is 60.6 Å². The molecule has 34 heavy (non-hydrogen) atoms. The van der Waals surface area contributed by atoms with Gasteiger partial charge in [-0.2, -0.15) is 0 Å². The van der Waals surface area contributed by atoms with E-state index in [2.05, 4.69) is 4.74 Å². The van der Waals surface area contributed by atoms with E-state index in [0.717, 1.165) is 34.0 Å².